The lowest BCUT2D eigenvalue weighted by Crippen LogP contribution is -2.27. The van der Waals surface area contributed by atoms with Crippen LogP contribution < -0.4 is 19.5 Å². The number of hydrogen-bond acceptors (Lipinski definition) is 4. The molecular weight excluding hydrogens is 354 g/mol. The van der Waals surface area contributed by atoms with E-state index in [-0.39, 0.29) is 5.91 Å². The predicted molar refractivity (Wildman–Crippen MR) is 98.5 cm³/mol. The Morgan fingerprint density at radius 1 is 1.00 bits per heavy atom. The quantitative estimate of drug-likeness (QED) is 0.875. The van der Waals surface area contributed by atoms with Crippen LogP contribution in [0.5, 0.6) is 17.2 Å². The van der Waals surface area contributed by atoms with Gasteiger partial charge in [0, 0.05) is 13.0 Å². The molecule has 2 aromatic rings. The summed E-state index contributed by atoms with van der Waals surface area (Å²) < 4.78 is 16.6. The normalized spacial score (nSPS) is 14.5. The van der Waals surface area contributed by atoms with Crippen LogP contribution in [0, 0.1) is 0 Å². The van der Waals surface area contributed by atoms with Crippen LogP contribution in [0.3, 0.4) is 0 Å². The second-order valence-corrected chi connectivity index (χ2v) is 6.83. The molecule has 0 unspecified atom stereocenters. The number of amides is 1. The van der Waals surface area contributed by atoms with Crippen molar-refractivity contribution in [2.24, 2.45) is 0 Å². The summed E-state index contributed by atoms with van der Waals surface area (Å²) in [5.74, 6) is 2.22. The molecule has 2 aliphatic heterocycles. The van der Waals surface area contributed by atoms with Crippen molar-refractivity contribution < 1.29 is 19.0 Å². The molecule has 2 heterocycles. The third-order valence-corrected chi connectivity index (χ3v) is 4.79. The molecule has 1 N–H and O–H groups in total. The molecule has 0 saturated carbocycles. The summed E-state index contributed by atoms with van der Waals surface area (Å²) in [5, 5.41) is 3.51. The largest absolute Gasteiger partial charge is 0.493 e. The van der Waals surface area contributed by atoms with Crippen molar-refractivity contribution >= 4 is 17.5 Å². The molecule has 2 aliphatic rings. The number of hydrogen-bond donors (Lipinski definition) is 1. The number of fused-ring (bicyclic) bond motifs is 2. The zero-order valence-electron chi connectivity index (χ0n) is 14.3. The van der Waals surface area contributed by atoms with Gasteiger partial charge in [0.15, 0.2) is 11.5 Å². The van der Waals surface area contributed by atoms with Crippen molar-refractivity contribution in [2.45, 2.75) is 19.3 Å². The minimum atomic E-state index is 0.00695. The first kappa shape index (κ1) is 17.0. The highest BCUT2D eigenvalue weighted by Gasteiger charge is 2.17. The second-order valence-electron chi connectivity index (χ2n) is 6.42. The Morgan fingerprint density at radius 3 is 2.77 bits per heavy atom. The van der Waals surface area contributed by atoms with Gasteiger partial charge >= 0.3 is 0 Å². The summed E-state index contributed by atoms with van der Waals surface area (Å²) in [6.07, 6.45) is 1.96. The summed E-state index contributed by atoms with van der Waals surface area (Å²) in [6.45, 7) is 2.30. The lowest BCUT2D eigenvalue weighted by atomic mass is 10.1. The van der Waals surface area contributed by atoms with E-state index in [1.54, 1.807) is 0 Å². The molecule has 5 nitrogen and oxygen atoms in total. The maximum atomic E-state index is 12.2. The predicted octanol–water partition coefficient (Wildman–Crippen LogP) is 2.95. The van der Waals surface area contributed by atoms with Crippen molar-refractivity contribution in [3.05, 3.63) is 52.0 Å². The molecule has 136 valence electrons. The van der Waals surface area contributed by atoms with Crippen LogP contribution in [0.25, 0.3) is 0 Å². The van der Waals surface area contributed by atoms with E-state index >= 15 is 0 Å². The Hall–Kier alpha value is -2.40. The molecule has 26 heavy (non-hydrogen) atoms. The zero-order valence-corrected chi connectivity index (χ0v) is 15.1. The Kier molecular flexibility index (Phi) is 4.89. The lowest BCUT2D eigenvalue weighted by Gasteiger charge is -2.20. The van der Waals surface area contributed by atoms with Crippen LogP contribution in [0.1, 0.15) is 16.7 Å². The van der Waals surface area contributed by atoms with E-state index in [9.17, 15) is 4.79 Å². The van der Waals surface area contributed by atoms with Gasteiger partial charge in [-0.1, -0.05) is 23.7 Å². The van der Waals surface area contributed by atoms with E-state index in [0.29, 0.717) is 49.1 Å². The van der Waals surface area contributed by atoms with E-state index in [4.69, 9.17) is 25.8 Å². The second kappa shape index (κ2) is 7.46. The third-order valence-electron chi connectivity index (χ3n) is 4.51. The van der Waals surface area contributed by atoms with Crippen LogP contribution in [-0.4, -0.2) is 32.3 Å². The maximum absolute atomic E-state index is 12.2. The average molecular weight is 374 g/mol. The molecule has 1 amide bonds. The molecule has 0 aliphatic carbocycles. The smallest absolute Gasteiger partial charge is 0.224 e. The van der Waals surface area contributed by atoms with Crippen LogP contribution in [0.15, 0.2) is 30.3 Å². The van der Waals surface area contributed by atoms with Gasteiger partial charge < -0.3 is 19.5 Å². The monoisotopic (exact) mass is 373 g/mol. The number of carbonyl (C=O) groups excluding carboxylic acids is 1. The molecule has 2 aromatic carbocycles. The Balaban J connectivity index is 1.30. The first-order valence-electron chi connectivity index (χ1n) is 8.78. The van der Waals surface area contributed by atoms with Crippen molar-refractivity contribution in [3.8, 4) is 17.2 Å². The minimum absolute atomic E-state index is 0.00695. The van der Waals surface area contributed by atoms with Gasteiger partial charge in [-0.05, 0) is 41.3 Å². The number of carbonyl (C=O) groups is 1. The minimum Gasteiger partial charge on any atom is -0.493 e. The molecule has 0 spiro atoms. The Morgan fingerprint density at radius 2 is 1.85 bits per heavy atom. The SMILES string of the molecule is O=C(Cc1ccc2c(c1)CCO2)NCCc1cc(Cl)c2c(c1)OCCO2. The molecule has 6 heteroatoms. The van der Waals surface area contributed by atoms with E-state index in [0.717, 1.165) is 29.9 Å². The Bertz CT molecular complexity index is 837. The van der Waals surface area contributed by atoms with Gasteiger partial charge in [0.2, 0.25) is 5.91 Å². The fraction of sp³-hybridized carbons (Fsp3) is 0.350. The van der Waals surface area contributed by atoms with Crippen molar-refractivity contribution in [3.63, 3.8) is 0 Å². The van der Waals surface area contributed by atoms with Crippen LogP contribution in [0.4, 0.5) is 0 Å². The van der Waals surface area contributed by atoms with Crippen LogP contribution >= 0.6 is 11.6 Å². The van der Waals surface area contributed by atoms with Crippen molar-refractivity contribution in [1.82, 2.24) is 5.32 Å². The van der Waals surface area contributed by atoms with Gasteiger partial charge in [0.25, 0.3) is 0 Å². The Labute approximate surface area is 157 Å². The molecular formula is C20H20ClNO4. The highest BCUT2D eigenvalue weighted by Crippen LogP contribution is 2.38. The van der Waals surface area contributed by atoms with Gasteiger partial charge in [0.05, 0.1) is 18.1 Å². The van der Waals surface area contributed by atoms with Crippen LogP contribution in [0.2, 0.25) is 5.02 Å². The average Bonchev–Trinajstić information content (AvgIpc) is 3.09. The van der Waals surface area contributed by atoms with Gasteiger partial charge in [-0.15, -0.1) is 0 Å². The number of nitrogens with one attached hydrogen (secondary N) is 1. The standard InChI is InChI=1S/C20H20ClNO4/c21-16-10-14(11-18-20(16)26-8-7-25-18)3-5-22-19(23)12-13-1-2-17-15(9-13)4-6-24-17/h1-2,9-11H,3-8,12H2,(H,22,23). The van der Waals surface area contributed by atoms with Crippen molar-refractivity contribution in [1.29, 1.82) is 0 Å². The molecule has 0 saturated heterocycles. The highest BCUT2D eigenvalue weighted by molar-refractivity contribution is 6.32. The topological polar surface area (TPSA) is 56.8 Å². The first-order chi connectivity index (χ1) is 12.7. The molecule has 0 aromatic heterocycles. The number of benzene rings is 2. The van der Waals surface area contributed by atoms with Gasteiger partial charge in [-0.3, -0.25) is 4.79 Å². The number of halogens is 1. The van der Waals surface area contributed by atoms with Gasteiger partial charge in [0.1, 0.15) is 19.0 Å². The molecule has 0 fully saturated rings. The van der Waals surface area contributed by atoms with E-state index in [2.05, 4.69) is 11.4 Å². The first-order valence-corrected chi connectivity index (χ1v) is 9.16. The molecule has 0 radical (unpaired) electrons. The van der Waals surface area contributed by atoms with E-state index in [1.165, 1.54) is 5.56 Å². The lowest BCUT2D eigenvalue weighted by molar-refractivity contribution is -0.120. The van der Waals surface area contributed by atoms with Gasteiger partial charge in [-0.2, -0.15) is 0 Å². The maximum Gasteiger partial charge on any atom is 0.224 e. The summed E-state index contributed by atoms with van der Waals surface area (Å²) in [7, 11) is 0. The molecule has 0 bridgehead atoms. The summed E-state index contributed by atoms with van der Waals surface area (Å²) >= 11 is 6.24. The van der Waals surface area contributed by atoms with Crippen LogP contribution in [-0.2, 0) is 24.1 Å². The van der Waals surface area contributed by atoms with Gasteiger partial charge in [-0.25, -0.2) is 0 Å². The number of rotatable bonds is 5. The zero-order chi connectivity index (χ0) is 17.9. The fourth-order valence-corrected chi connectivity index (χ4v) is 3.54. The summed E-state index contributed by atoms with van der Waals surface area (Å²) in [6, 6.07) is 9.74. The van der Waals surface area contributed by atoms with E-state index in [1.807, 2.05) is 24.3 Å². The van der Waals surface area contributed by atoms with E-state index < -0.39 is 0 Å². The highest BCUT2D eigenvalue weighted by atomic mass is 35.5. The number of ether oxygens (including phenoxy) is 3. The molecule has 0 atom stereocenters. The molecule has 4 rings (SSSR count). The van der Waals surface area contributed by atoms with Crippen molar-refractivity contribution in [2.75, 3.05) is 26.4 Å². The fourth-order valence-electron chi connectivity index (χ4n) is 3.25. The summed E-state index contributed by atoms with van der Waals surface area (Å²) in [5.41, 5.74) is 3.20. The third kappa shape index (κ3) is 3.73. The summed E-state index contributed by atoms with van der Waals surface area (Å²) in [4.78, 5) is 12.2.